The molecule has 0 N–H and O–H groups in total. The van der Waals surface area contributed by atoms with Gasteiger partial charge in [-0.15, -0.1) is 0 Å². The van der Waals surface area contributed by atoms with E-state index in [1.165, 1.54) is 0 Å². The van der Waals surface area contributed by atoms with Gasteiger partial charge in [-0.1, -0.05) is 6.58 Å². The number of pyridine rings is 1. The van der Waals surface area contributed by atoms with Crippen molar-refractivity contribution in [3.05, 3.63) is 41.7 Å². The first-order valence-corrected chi connectivity index (χ1v) is 3.88. The summed E-state index contributed by atoms with van der Waals surface area (Å²) in [5.74, 6) is 0. The highest BCUT2D eigenvalue weighted by Crippen LogP contribution is 2.02. The monoisotopic (exact) mass is 233 g/mol. The van der Waals surface area contributed by atoms with Gasteiger partial charge in [0.1, 0.15) is 0 Å². The summed E-state index contributed by atoms with van der Waals surface area (Å²) >= 11 is 3.38. The van der Waals surface area contributed by atoms with E-state index in [1.54, 1.807) is 0 Å². The third-order valence-electron chi connectivity index (χ3n) is 1.16. The zero-order chi connectivity index (χ0) is 7.40. The largest absolute Gasteiger partial charge is 1.00 e. The lowest BCUT2D eigenvalue weighted by atomic mass is 10.5. The van der Waals surface area contributed by atoms with Crippen molar-refractivity contribution in [2.45, 2.75) is 6.54 Å². The highest BCUT2D eigenvalue weighted by Gasteiger charge is 1.95. The summed E-state index contributed by atoms with van der Waals surface area (Å²) in [6, 6.07) is 3.99. The molecule has 1 heterocycles. The fourth-order valence-electron chi connectivity index (χ4n) is 0.753. The fourth-order valence-corrected chi connectivity index (χ4v) is 1.17. The number of aromatic nitrogens is 1. The number of allylic oxidation sites excluding steroid dienone is 1. The maximum absolute atomic E-state index is 3.65. The fraction of sp³-hybridized carbons (Fsp3) is 0.125. The molecular weight excluding hydrogens is 225 g/mol. The van der Waals surface area contributed by atoms with Crippen LogP contribution in [0.4, 0.5) is 0 Å². The molecule has 1 aromatic heterocycles. The Labute approximate surface area is 81.3 Å². The van der Waals surface area contributed by atoms with Crippen molar-refractivity contribution in [1.29, 1.82) is 0 Å². The van der Waals surface area contributed by atoms with E-state index in [1.807, 2.05) is 30.6 Å². The number of nitrogens with zero attached hydrogens (tertiary/aromatic N) is 1. The second kappa shape index (κ2) is 5.33. The molecule has 11 heavy (non-hydrogen) atoms. The SMILES string of the molecule is C=CC[n+]1cccc(Br)c1.[Cl-]. The van der Waals surface area contributed by atoms with E-state index in [2.05, 4.69) is 27.1 Å². The normalized spacial score (nSPS) is 8.45. The lowest BCUT2D eigenvalue weighted by Crippen LogP contribution is -3.00. The van der Waals surface area contributed by atoms with Crippen LogP contribution in [-0.4, -0.2) is 0 Å². The molecule has 0 bridgehead atoms. The zero-order valence-electron chi connectivity index (χ0n) is 6.00. The van der Waals surface area contributed by atoms with Crippen molar-refractivity contribution in [2.24, 2.45) is 0 Å². The summed E-state index contributed by atoms with van der Waals surface area (Å²) in [5, 5.41) is 0. The molecule has 0 aliphatic heterocycles. The van der Waals surface area contributed by atoms with Crippen molar-refractivity contribution < 1.29 is 17.0 Å². The van der Waals surface area contributed by atoms with Crippen LogP contribution in [0.1, 0.15) is 0 Å². The first kappa shape index (κ1) is 10.7. The summed E-state index contributed by atoms with van der Waals surface area (Å²) in [5.41, 5.74) is 0. The van der Waals surface area contributed by atoms with Gasteiger partial charge in [0.15, 0.2) is 18.9 Å². The predicted molar refractivity (Wildman–Crippen MR) is 44.5 cm³/mol. The highest BCUT2D eigenvalue weighted by molar-refractivity contribution is 9.10. The van der Waals surface area contributed by atoms with E-state index in [-0.39, 0.29) is 12.4 Å². The van der Waals surface area contributed by atoms with E-state index < -0.39 is 0 Å². The highest BCUT2D eigenvalue weighted by atomic mass is 79.9. The quantitative estimate of drug-likeness (QED) is 0.453. The Kier molecular flexibility index (Phi) is 5.16. The van der Waals surface area contributed by atoms with Crippen LogP contribution in [0.2, 0.25) is 0 Å². The van der Waals surface area contributed by atoms with E-state index in [0.717, 1.165) is 11.0 Å². The number of hydrogen-bond acceptors (Lipinski definition) is 0. The van der Waals surface area contributed by atoms with Gasteiger partial charge in [-0.25, -0.2) is 4.57 Å². The molecule has 0 radical (unpaired) electrons. The van der Waals surface area contributed by atoms with Gasteiger partial charge in [0.2, 0.25) is 0 Å². The Balaban J connectivity index is 0.000001000. The predicted octanol–water partition coefficient (Wildman–Crippen LogP) is -1.07. The molecule has 1 rings (SSSR count). The Bertz CT molecular complexity index is 237. The van der Waals surface area contributed by atoms with E-state index in [0.29, 0.717) is 0 Å². The van der Waals surface area contributed by atoms with Crippen LogP contribution in [0.15, 0.2) is 41.7 Å². The molecule has 0 atom stereocenters. The number of halogens is 2. The summed E-state index contributed by atoms with van der Waals surface area (Å²) in [6.45, 7) is 4.51. The van der Waals surface area contributed by atoms with Crippen LogP contribution in [0, 0.1) is 0 Å². The average molecular weight is 235 g/mol. The topological polar surface area (TPSA) is 3.88 Å². The minimum absolute atomic E-state index is 0. The third-order valence-corrected chi connectivity index (χ3v) is 1.63. The molecule has 1 nitrogen and oxygen atoms in total. The van der Waals surface area contributed by atoms with Crippen molar-refractivity contribution >= 4 is 15.9 Å². The van der Waals surface area contributed by atoms with Crippen LogP contribution in [0.25, 0.3) is 0 Å². The first-order valence-electron chi connectivity index (χ1n) is 3.08. The molecule has 0 unspecified atom stereocenters. The molecule has 3 heteroatoms. The lowest BCUT2D eigenvalue weighted by molar-refractivity contribution is -0.687. The summed E-state index contributed by atoms with van der Waals surface area (Å²) in [7, 11) is 0. The van der Waals surface area contributed by atoms with Crippen LogP contribution < -0.4 is 17.0 Å². The van der Waals surface area contributed by atoms with Gasteiger partial charge in [0.05, 0.1) is 4.47 Å². The Hall–Kier alpha value is -0.340. The Morgan fingerprint density at radius 3 is 2.91 bits per heavy atom. The van der Waals surface area contributed by atoms with Crippen LogP contribution in [-0.2, 0) is 6.54 Å². The lowest BCUT2D eigenvalue weighted by Gasteiger charge is -1.89. The van der Waals surface area contributed by atoms with E-state index >= 15 is 0 Å². The van der Waals surface area contributed by atoms with E-state index in [9.17, 15) is 0 Å². The molecular formula is C8H9BrClN. The zero-order valence-corrected chi connectivity index (χ0v) is 8.35. The summed E-state index contributed by atoms with van der Waals surface area (Å²) in [6.07, 6.45) is 5.89. The maximum Gasteiger partial charge on any atom is 0.183 e. The van der Waals surface area contributed by atoms with Crippen molar-refractivity contribution in [3.63, 3.8) is 0 Å². The maximum atomic E-state index is 3.65. The van der Waals surface area contributed by atoms with Gasteiger partial charge >= 0.3 is 0 Å². The van der Waals surface area contributed by atoms with Crippen LogP contribution in [0.5, 0.6) is 0 Å². The second-order valence-electron chi connectivity index (χ2n) is 2.01. The van der Waals surface area contributed by atoms with Crippen LogP contribution in [0.3, 0.4) is 0 Å². The second-order valence-corrected chi connectivity index (χ2v) is 2.92. The molecule has 0 aliphatic rings. The minimum Gasteiger partial charge on any atom is -1.00 e. The van der Waals surface area contributed by atoms with Gasteiger partial charge in [-0.3, -0.25) is 0 Å². The standard InChI is InChI=1S/C8H9BrN.ClH/c1-2-5-10-6-3-4-8(9)7-10;/h2-4,6-7H,1,5H2;1H/q+1;/p-1. The summed E-state index contributed by atoms with van der Waals surface area (Å²) in [4.78, 5) is 0. The molecule has 0 saturated carbocycles. The van der Waals surface area contributed by atoms with Gasteiger partial charge < -0.3 is 12.4 Å². The van der Waals surface area contributed by atoms with Crippen molar-refractivity contribution in [2.75, 3.05) is 0 Å². The van der Waals surface area contributed by atoms with Gasteiger partial charge in [0, 0.05) is 6.07 Å². The molecule has 0 spiro atoms. The van der Waals surface area contributed by atoms with Crippen molar-refractivity contribution in [1.82, 2.24) is 0 Å². The Morgan fingerprint density at radius 2 is 2.36 bits per heavy atom. The van der Waals surface area contributed by atoms with Gasteiger partial charge in [-0.05, 0) is 28.1 Å². The molecule has 0 amide bonds. The smallest absolute Gasteiger partial charge is 0.183 e. The molecule has 0 aromatic carbocycles. The molecule has 60 valence electrons. The average Bonchev–Trinajstić information content (AvgIpc) is 1.88. The minimum atomic E-state index is 0. The molecule has 0 aliphatic carbocycles. The Morgan fingerprint density at radius 1 is 1.64 bits per heavy atom. The van der Waals surface area contributed by atoms with Gasteiger partial charge in [-0.2, -0.15) is 0 Å². The summed E-state index contributed by atoms with van der Waals surface area (Å²) < 4.78 is 3.15. The van der Waals surface area contributed by atoms with Gasteiger partial charge in [0.25, 0.3) is 0 Å². The molecule has 0 fully saturated rings. The van der Waals surface area contributed by atoms with E-state index in [4.69, 9.17) is 0 Å². The van der Waals surface area contributed by atoms with Crippen molar-refractivity contribution in [3.8, 4) is 0 Å². The third kappa shape index (κ3) is 3.54. The number of hydrogen-bond donors (Lipinski definition) is 0. The molecule has 0 saturated heterocycles. The number of rotatable bonds is 2. The first-order chi connectivity index (χ1) is 4.83. The molecule has 1 aromatic rings. The van der Waals surface area contributed by atoms with Crippen LogP contribution >= 0.6 is 15.9 Å².